The van der Waals surface area contributed by atoms with Crippen LogP contribution in [0.25, 0.3) is 0 Å². The maximum Gasteiger partial charge on any atom is 0.308 e. The minimum absolute atomic E-state index is 0.0426. The summed E-state index contributed by atoms with van der Waals surface area (Å²) in [4.78, 5) is 29.3. The number of ketones is 1. The zero-order valence-electron chi connectivity index (χ0n) is 9.77. The summed E-state index contributed by atoms with van der Waals surface area (Å²) < 4.78 is 0. The molecule has 0 amide bonds. The number of anilines is 1. The maximum absolute atomic E-state index is 11.3. The van der Waals surface area contributed by atoms with Gasteiger partial charge in [0, 0.05) is 24.9 Å². The lowest BCUT2D eigenvalue weighted by Gasteiger charge is -2.13. The van der Waals surface area contributed by atoms with Crippen molar-refractivity contribution in [1.29, 1.82) is 0 Å². The molecule has 1 aromatic heterocycles. The molecular weight excluding hydrogens is 240 g/mol. The highest BCUT2D eigenvalue weighted by Gasteiger charge is 2.30. The summed E-state index contributed by atoms with van der Waals surface area (Å²) in [5.41, 5.74) is 0.503. The SMILES string of the molecule is CC(=O)c1nc(N2CCC(C(=O)O)C2)sc1C. The molecule has 1 aromatic rings. The number of carbonyl (C=O) groups is 2. The van der Waals surface area contributed by atoms with Gasteiger partial charge < -0.3 is 10.0 Å². The third-order valence-corrected chi connectivity index (χ3v) is 3.96. The third-order valence-electron chi connectivity index (χ3n) is 2.93. The number of hydrogen-bond donors (Lipinski definition) is 1. The molecule has 0 radical (unpaired) electrons. The first-order valence-corrected chi connectivity index (χ1v) is 6.27. The molecule has 17 heavy (non-hydrogen) atoms. The Kier molecular flexibility index (Phi) is 3.15. The predicted octanol–water partition coefficient (Wildman–Crippen LogP) is 1.57. The van der Waals surface area contributed by atoms with Crippen LogP contribution in [-0.2, 0) is 4.79 Å². The highest BCUT2D eigenvalue weighted by atomic mass is 32.1. The van der Waals surface area contributed by atoms with Crippen molar-refractivity contribution in [2.45, 2.75) is 20.3 Å². The van der Waals surface area contributed by atoms with E-state index in [0.29, 0.717) is 25.2 Å². The minimum Gasteiger partial charge on any atom is -0.481 e. The van der Waals surface area contributed by atoms with E-state index in [1.54, 1.807) is 0 Å². The van der Waals surface area contributed by atoms with Gasteiger partial charge in [0.15, 0.2) is 10.9 Å². The second-order valence-electron chi connectivity index (χ2n) is 4.23. The largest absolute Gasteiger partial charge is 0.481 e. The normalized spacial score (nSPS) is 19.6. The van der Waals surface area contributed by atoms with Gasteiger partial charge in [-0.05, 0) is 13.3 Å². The summed E-state index contributed by atoms with van der Waals surface area (Å²) in [6.45, 7) is 4.54. The van der Waals surface area contributed by atoms with Gasteiger partial charge >= 0.3 is 5.97 Å². The zero-order chi connectivity index (χ0) is 12.6. The monoisotopic (exact) mass is 254 g/mol. The van der Waals surface area contributed by atoms with Crippen LogP contribution in [0.1, 0.15) is 28.7 Å². The van der Waals surface area contributed by atoms with Gasteiger partial charge in [-0.2, -0.15) is 0 Å². The van der Waals surface area contributed by atoms with Crippen LogP contribution < -0.4 is 4.90 Å². The molecule has 1 saturated heterocycles. The number of aryl methyl sites for hydroxylation is 1. The van der Waals surface area contributed by atoms with Crippen LogP contribution in [0.5, 0.6) is 0 Å². The maximum atomic E-state index is 11.3. The van der Waals surface area contributed by atoms with Gasteiger partial charge in [0.1, 0.15) is 5.69 Å². The molecule has 5 nitrogen and oxygen atoms in total. The summed E-state index contributed by atoms with van der Waals surface area (Å²) in [6.07, 6.45) is 0.642. The highest BCUT2D eigenvalue weighted by molar-refractivity contribution is 7.15. The number of aromatic nitrogens is 1. The number of thiazole rings is 1. The van der Waals surface area contributed by atoms with E-state index in [2.05, 4.69) is 4.98 Å². The lowest BCUT2D eigenvalue weighted by molar-refractivity contribution is -0.140. The highest BCUT2D eigenvalue weighted by Crippen LogP contribution is 2.30. The first kappa shape index (κ1) is 12.0. The number of rotatable bonds is 3. The van der Waals surface area contributed by atoms with Crippen LogP contribution in [0.15, 0.2) is 0 Å². The molecule has 0 aromatic carbocycles. The second-order valence-corrected chi connectivity index (χ2v) is 5.41. The van der Waals surface area contributed by atoms with Gasteiger partial charge in [0.05, 0.1) is 5.92 Å². The average Bonchev–Trinajstić information content (AvgIpc) is 2.82. The van der Waals surface area contributed by atoms with E-state index < -0.39 is 5.97 Å². The van der Waals surface area contributed by atoms with Gasteiger partial charge in [-0.1, -0.05) is 0 Å². The lowest BCUT2D eigenvalue weighted by atomic mass is 10.1. The van der Waals surface area contributed by atoms with E-state index in [1.807, 2.05) is 11.8 Å². The van der Waals surface area contributed by atoms with E-state index in [1.165, 1.54) is 18.3 Å². The van der Waals surface area contributed by atoms with E-state index in [9.17, 15) is 9.59 Å². The molecule has 6 heteroatoms. The number of carboxylic acid groups (broad SMARTS) is 1. The smallest absolute Gasteiger partial charge is 0.308 e. The molecule has 1 fully saturated rings. The van der Waals surface area contributed by atoms with Crippen molar-refractivity contribution in [1.82, 2.24) is 4.98 Å². The fraction of sp³-hybridized carbons (Fsp3) is 0.545. The Morgan fingerprint density at radius 2 is 2.24 bits per heavy atom. The van der Waals surface area contributed by atoms with Gasteiger partial charge in [0.2, 0.25) is 0 Å². The Labute approximate surface area is 103 Å². The molecule has 0 bridgehead atoms. The fourth-order valence-electron chi connectivity index (χ4n) is 1.98. The van der Waals surface area contributed by atoms with Gasteiger partial charge in [-0.15, -0.1) is 11.3 Å². The number of nitrogens with zero attached hydrogens (tertiary/aromatic N) is 2. The third kappa shape index (κ3) is 2.31. The van der Waals surface area contributed by atoms with Crippen molar-refractivity contribution in [3.63, 3.8) is 0 Å². The molecule has 0 aliphatic carbocycles. The molecule has 0 saturated carbocycles. The first-order chi connectivity index (χ1) is 7.99. The second kappa shape index (κ2) is 4.44. The summed E-state index contributed by atoms with van der Waals surface area (Å²) >= 11 is 1.45. The number of carboxylic acids is 1. The number of aliphatic carboxylic acids is 1. The Balaban J connectivity index is 2.17. The van der Waals surface area contributed by atoms with E-state index in [0.717, 1.165) is 10.0 Å². The van der Waals surface area contributed by atoms with Crippen molar-refractivity contribution in [2.24, 2.45) is 5.92 Å². The molecule has 1 aliphatic rings. The predicted molar refractivity (Wildman–Crippen MR) is 64.8 cm³/mol. The lowest BCUT2D eigenvalue weighted by Crippen LogP contribution is -2.22. The topological polar surface area (TPSA) is 70.5 Å². The molecule has 0 spiro atoms. The Morgan fingerprint density at radius 3 is 2.71 bits per heavy atom. The molecular formula is C11H14N2O3S. The molecule has 1 unspecified atom stereocenters. The fourth-order valence-corrected chi connectivity index (χ4v) is 2.97. The van der Waals surface area contributed by atoms with E-state index in [-0.39, 0.29) is 11.7 Å². The van der Waals surface area contributed by atoms with Gasteiger partial charge in [0.25, 0.3) is 0 Å². The molecule has 2 heterocycles. The Hall–Kier alpha value is -1.43. The molecule has 1 atom stereocenters. The van der Waals surface area contributed by atoms with Crippen molar-refractivity contribution < 1.29 is 14.7 Å². The van der Waals surface area contributed by atoms with E-state index >= 15 is 0 Å². The number of hydrogen-bond acceptors (Lipinski definition) is 5. The van der Waals surface area contributed by atoms with Crippen LogP contribution in [0, 0.1) is 12.8 Å². The van der Waals surface area contributed by atoms with Crippen LogP contribution in [-0.4, -0.2) is 34.9 Å². The summed E-state index contributed by atoms with van der Waals surface area (Å²) in [5, 5.41) is 9.69. The zero-order valence-corrected chi connectivity index (χ0v) is 10.6. The van der Waals surface area contributed by atoms with E-state index in [4.69, 9.17) is 5.11 Å². The van der Waals surface area contributed by atoms with Crippen molar-refractivity contribution >= 4 is 28.2 Å². The number of Topliss-reactive ketones (excluding diaryl/α,β-unsaturated/α-hetero) is 1. The van der Waals surface area contributed by atoms with Crippen LogP contribution in [0.2, 0.25) is 0 Å². The molecule has 92 valence electrons. The minimum atomic E-state index is -0.757. The number of carbonyl (C=O) groups excluding carboxylic acids is 1. The summed E-state index contributed by atoms with van der Waals surface area (Å²) in [6, 6.07) is 0. The quantitative estimate of drug-likeness (QED) is 0.829. The molecule has 1 N–H and O–H groups in total. The van der Waals surface area contributed by atoms with Crippen LogP contribution in [0.4, 0.5) is 5.13 Å². The van der Waals surface area contributed by atoms with Crippen molar-refractivity contribution in [2.75, 3.05) is 18.0 Å². The molecule has 1 aliphatic heterocycles. The standard InChI is InChI=1S/C11H14N2O3S/c1-6(14)9-7(2)17-11(12-9)13-4-3-8(5-13)10(15)16/h8H,3-5H2,1-2H3,(H,15,16). The molecule has 2 rings (SSSR count). The Morgan fingerprint density at radius 1 is 1.53 bits per heavy atom. The Bertz CT molecular complexity index is 469. The van der Waals surface area contributed by atoms with Crippen LogP contribution >= 0.6 is 11.3 Å². The summed E-state index contributed by atoms with van der Waals surface area (Å²) in [7, 11) is 0. The van der Waals surface area contributed by atoms with Crippen molar-refractivity contribution in [3.8, 4) is 0 Å². The van der Waals surface area contributed by atoms with Crippen molar-refractivity contribution in [3.05, 3.63) is 10.6 Å². The summed E-state index contributed by atoms with van der Waals surface area (Å²) in [5.74, 6) is -1.12. The van der Waals surface area contributed by atoms with Crippen LogP contribution in [0.3, 0.4) is 0 Å². The average molecular weight is 254 g/mol. The van der Waals surface area contributed by atoms with Gasteiger partial charge in [-0.25, -0.2) is 4.98 Å². The van der Waals surface area contributed by atoms with Gasteiger partial charge in [-0.3, -0.25) is 9.59 Å². The first-order valence-electron chi connectivity index (χ1n) is 5.45.